The lowest BCUT2D eigenvalue weighted by Crippen LogP contribution is -2.56. The van der Waals surface area contributed by atoms with Gasteiger partial charge in [0.25, 0.3) is 0 Å². The highest BCUT2D eigenvalue weighted by molar-refractivity contribution is 6.05. The molecule has 3 heterocycles. The van der Waals surface area contributed by atoms with Crippen LogP contribution in [0.3, 0.4) is 0 Å². The van der Waals surface area contributed by atoms with E-state index in [1.54, 1.807) is 0 Å². The van der Waals surface area contributed by atoms with Crippen LogP contribution in [-0.4, -0.2) is 82.7 Å². The number of rotatable bonds is 3. The molecule has 3 aliphatic heterocycles. The molecule has 5 N–H and O–H groups in total. The second kappa shape index (κ2) is 5.39. The van der Waals surface area contributed by atoms with Gasteiger partial charge in [-0.25, -0.2) is 9.38 Å². The van der Waals surface area contributed by atoms with E-state index in [0.29, 0.717) is 5.84 Å². The third-order valence-electron chi connectivity index (χ3n) is 4.39. The fraction of sp³-hybridized carbons (Fsp3) is 0.769. The van der Waals surface area contributed by atoms with E-state index >= 15 is 0 Å². The van der Waals surface area contributed by atoms with Crippen molar-refractivity contribution < 1.29 is 19.3 Å². The van der Waals surface area contributed by atoms with Crippen LogP contribution in [0.1, 0.15) is 12.8 Å². The molecular formula is C13H19FN6O3. The largest absolute Gasteiger partial charge is 0.394 e. The van der Waals surface area contributed by atoms with Gasteiger partial charge < -0.3 is 30.9 Å². The number of guanidine groups is 1. The normalized spacial score (nSPS) is 44.4. The topological polar surface area (TPSA) is 128 Å². The van der Waals surface area contributed by atoms with Gasteiger partial charge in [0.05, 0.1) is 19.0 Å². The lowest BCUT2D eigenvalue weighted by atomic mass is 10.1. The van der Waals surface area contributed by atoms with Gasteiger partial charge >= 0.3 is 0 Å². The Balaban J connectivity index is 1.58. The van der Waals surface area contributed by atoms with Gasteiger partial charge in [-0.05, 0) is 12.8 Å². The van der Waals surface area contributed by atoms with Crippen LogP contribution in [0.2, 0.25) is 0 Å². The number of hydrogen-bond acceptors (Lipinski definition) is 8. The van der Waals surface area contributed by atoms with Gasteiger partial charge in [0.2, 0.25) is 0 Å². The summed E-state index contributed by atoms with van der Waals surface area (Å²) in [6.45, 7) is -0.460. The monoisotopic (exact) mass is 326 g/mol. The molecule has 9 nitrogen and oxygen atoms in total. The molecule has 0 amide bonds. The molecule has 23 heavy (non-hydrogen) atoms. The number of nitrogens with one attached hydrogen (secondary N) is 1. The van der Waals surface area contributed by atoms with Crippen LogP contribution in [0.25, 0.3) is 0 Å². The lowest BCUT2D eigenvalue weighted by molar-refractivity contribution is -0.0693. The number of ether oxygens (including phenoxy) is 1. The molecule has 0 aromatic heterocycles. The summed E-state index contributed by atoms with van der Waals surface area (Å²) in [6.07, 6.45) is -2.14. The first-order valence-corrected chi connectivity index (χ1v) is 7.65. The molecule has 0 aromatic carbocycles. The van der Waals surface area contributed by atoms with Gasteiger partial charge in [-0.2, -0.15) is 0 Å². The summed E-state index contributed by atoms with van der Waals surface area (Å²) < 4.78 is 19.7. The maximum absolute atomic E-state index is 14.3. The molecule has 6 unspecified atom stereocenters. The predicted molar refractivity (Wildman–Crippen MR) is 79.8 cm³/mol. The molecule has 0 spiro atoms. The first-order valence-electron chi connectivity index (χ1n) is 7.65. The van der Waals surface area contributed by atoms with Gasteiger partial charge in [0.15, 0.2) is 24.5 Å². The smallest absolute Gasteiger partial charge is 0.196 e. The Morgan fingerprint density at radius 1 is 1.52 bits per heavy atom. The number of nitrogens with zero attached hydrogens (tertiary/aromatic N) is 4. The van der Waals surface area contributed by atoms with Crippen LogP contribution in [0.15, 0.2) is 15.0 Å². The molecule has 10 heteroatoms. The second-order valence-corrected chi connectivity index (χ2v) is 6.14. The quantitative estimate of drug-likeness (QED) is 0.471. The second-order valence-electron chi connectivity index (χ2n) is 6.14. The molecule has 126 valence electrons. The molecule has 1 saturated carbocycles. The SMILES string of the molecule is NC1=NC2C(N=CN2C2OC(CO)C(O)C2F)C(=NC2CC2)N1. The maximum atomic E-state index is 14.3. The van der Waals surface area contributed by atoms with E-state index < -0.39 is 43.4 Å². The number of halogens is 1. The Labute approximate surface area is 131 Å². The first-order chi connectivity index (χ1) is 11.1. The summed E-state index contributed by atoms with van der Waals surface area (Å²) in [7, 11) is 0. The highest BCUT2D eigenvalue weighted by Gasteiger charge is 2.51. The maximum Gasteiger partial charge on any atom is 0.196 e. The summed E-state index contributed by atoms with van der Waals surface area (Å²) >= 11 is 0. The number of fused-ring (bicyclic) bond motifs is 1. The van der Waals surface area contributed by atoms with Crippen LogP contribution in [0, 0.1) is 0 Å². The Morgan fingerprint density at radius 3 is 2.96 bits per heavy atom. The van der Waals surface area contributed by atoms with Crippen molar-refractivity contribution in [2.75, 3.05) is 6.61 Å². The number of aliphatic hydroxyl groups excluding tert-OH is 2. The zero-order valence-electron chi connectivity index (χ0n) is 12.3. The number of aliphatic hydroxyl groups is 2. The first kappa shape index (κ1) is 14.8. The summed E-state index contributed by atoms with van der Waals surface area (Å²) in [5.41, 5.74) is 5.81. The molecule has 6 atom stereocenters. The van der Waals surface area contributed by atoms with Crippen LogP contribution in [0.4, 0.5) is 4.39 Å². The third kappa shape index (κ3) is 2.46. The van der Waals surface area contributed by atoms with Crippen LogP contribution in [-0.2, 0) is 4.74 Å². The average molecular weight is 326 g/mol. The van der Waals surface area contributed by atoms with Gasteiger partial charge in [-0.3, -0.25) is 9.98 Å². The van der Waals surface area contributed by atoms with E-state index in [1.807, 2.05) is 0 Å². The average Bonchev–Trinajstić information content (AvgIpc) is 3.17. The van der Waals surface area contributed by atoms with Crippen LogP contribution < -0.4 is 11.1 Å². The summed E-state index contributed by atoms with van der Waals surface area (Å²) in [4.78, 5) is 14.7. The van der Waals surface area contributed by atoms with E-state index in [1.165, 1.54) is 11.2 Å². The summed E-state index contributed by atoms with van der Waals surface area (Å²) in [5, 5.41) is 21.9. The van der Waals surface area contributed by atoms with E-state index in [2.05, 4.69) is 20.3 Å². The number of aliphatic imine (C=N–C) groups is 3. The summed E-state index contributed by atoms with van der Waals surface area (Å²) in [5.74, 6) is 0.810. The molecule has 1 saturated heterocycles. The van der Waals surface area contributed by atoms with Crippen molar-refractivity contribution in [1.29, 1.82) is 0 Å². The van der Waals surface area contributed by atoms with Crippen molar-refractivity contribution in [2.45, 2.75) is 55.7 Å². The molecule has 0 radical (unpaired) electrons. The van der Waals surface area contributed by atoms with Crippen molar-refractivity contribution in [3.05, 3.63) is 0 Å². The van der Waals surface area contributed by atoms with E-state index in [-0.39, 0.29) is 12.0 Å². The van der Waals surface area contributed by atoms with E-state index in [9.17, 15) is 9.50 Å². The molecule has 1 aliphatic carbocycles. The molecule has 0 bridgehead atoms. The minimum Gasteiger partial charge on any atom is -0.394 e. The number of nitrogens with two attached hydrogens (primary N) is 1. The molecular weight excluding hydrogens is 307 g/mol. The highest BCUT2D eigenvalue weighted by atomic mass is 19.1. The standard InChI is InChI=1S/C13H19FN6O3/c14-7-9(22)6(3-21)23-12(7)20-4-16-8-10(17-5-1-2-5)18-13(15)19-11(8)20/h4-9,11-12,21-22H,1-3H2,(H3,15,17,18,19). The van der Waals surface area contributed by atoms with Gasteiger partial charge in [0, 0.05) is 0 Å². The number of alkyl halides is 1. The van der Waals surface area contributed by atoms with E-state index in [4.69, 9.17) is 15.6 Å². The Kier molecular flexibility index (Phi) is 3.47. The van der Waals surface area contributed by atoms with Crippen LogP contribution in [0.5, 0.6) is 0 Å². The summed E-state index contributed by atoms with van der Waals surface area (Å²) in [6, 6.07) is -0.116. The van der Waals surface area contributed by atoms with Crippen molar-refractivity contribution in [1.82, 2.24) is 10.2 Å². The molecule has 2 fully saturated rings. The Bertz CT molecular complexity index is 580. The Morgan fingerprint density at radius 2 is 2.30 bits per heavy atom. The van der Waals surface area contributed by atoms with Gasteiger partial charge in [-0.1, -0.05) is 0 Å². The predicted octanol–water partition coefficient (Wildman–Crippen LogP) is -2.08. The minimum atomic E-state index is -1.67. The van der Waals surface area contributed by atoms with Gasteiger partial charge in [-0.15, -0.1) is 0 Å². The lowest BCUT2D eigenvalue weighted by Gasteiger charge is -2.33. The van der Waals surface area contributed by atoms with Crippen molar-refractivity contribution >= 4 is 18.1 Å². The van der Waals surface area contributed by atoms with Gasteiger partial charge in [0.1, 0.15) is 24.1 Å². The molecule has 4 aliphatic rings. The van der Waals surface area contributed by atoms with E-state index in [0.717, 1.165) is 12.8 Å². The van der Waals surface area contributed by atoms with Crippen molar-refractivity contribution in [3.63, 3.8) is 0 Å². The fourth-order valence-corrected chi connectivity index (χ4v) is 3.01. The fourth-order valence-electron chi connectivity index (χ4n) is 3.01. The third-order valence-corrected chi connectivity index (χ3v) is 4.39. The molecule has 0 aromatic rings. The number of hydrogen-bond donors (Lipinski definition) is 4. The zero-order valence-corrected chi connectivity index (χ0v) is 12.3. The molecule has 4 rings (SSSR count). The van der Waals surface area contributed by atoms with Crippen molar-refractivity contribution in [3.8, 4) is 0 Å². The van der Waals surface area contributed by atoms with Crippen molar-refractivity contribution in [2.24, 2.45) is 20.7 Å². The Hall–Kier alpha value is -1.78. The van der Waals surface area contributed by atoms with Crippen LogP contribution >= 0.6 is 0 Å². The highest BCUT2D eigenvalue weighted by Crippen LogP contribution is 2.32. The zero-order chi connectivity index (χ0) is 16.1. The number of amidine groups is 1. The minimum absolute atomic E-state index is 0.189.